The molecule has 0 heterocycles. The molecule has 1 rings (SSSR count). The lowest BCUT2D eigenvalue weighted by Gasteiger charge is -2.27. The maximum atomic E-state index is 5.51. The standard InChI is InChI=1S/C14H19NO/c1-6-11-14(2,16-5)12-7-9-13(10-8-12)15(3)4/h1,7-10H,11H2,2-5H3. The number of terminal acetylenes is 1. The molecule has 0 aliphatic heterocycles. The molecular weight excluding hydrogens is 198 g/mol. The normalized spacial score (nSPS) is 13.9. The summed E-state index contributed by atoms with van der Waals surface area (Å²) < 4.78 is 5.51. The van der Waals surface area contributed by atoms with Gasteiger partial charge in [0.1, 0.15) is 5.60 Å². The van der Waals surface area contributed by atoms with Crippen LogP contribution >= 0.6 is 0 Å². The first-order valence-corrected chi connectivity index (χ1v) is 5.30. The van der Waals surface area contributed by atoms with Crippen molar-refractivity contribution in [3.05, 3.63) is 29.8 Å². The Balaban J connectivity index is 3.00. The van der Waals surface area contributed by atoms with Crippen LogP contribution in [0.1, 0.15) is 18.9 Å². The number of hydrogen-bond acceptors (Lipinski definition) is 2. The Kier molecular flexibility index (Phi) is 3.98. The van der Waals surface area contributed by atoms with Gasteiger partial charge >= 0.3 is 0 Å². The lowest BCUT2D eigenvalue weighted by atomic mass is 9.92. The summed E-state index contributed by atoms with van der Waals surface area (Å²) in [4.78, 5) is 2.06. The summed E-state index contributed by atoms with van der Waals surface area (Å²) in [6.45, 7) is 2.01. The van der Waals surface area contributed by atoms with Crippen molar-refractivity contribution >= 4 is 5.69 Å². The molecule has 0 N–H and O–H groups in total. The first kappa shape index (κ1) is 12.6. The summed E-state index contributed by atoms with van der Waals surface area (Å²) in [6.07, 6.45) is 5.94. The molecule has 0 saturated carbocycles. The van der Waals surface area contributed by atoms with Crippen LogP contribution in [-0.2, 0) is 10.3 Å². The Bertz CT molecular complexity index is 375. The second-order valence-electron chi connectivity index (χ2n) is 4.26. The van der Waals surface area contributed by atoms with E-state index in [1.807, 2.05) is 21.0 Å². The van der Waals surface area contributed by atoms with Gasteiger partial charge in [0.15, 0.2) is 0 Å². The molecule has 0 spiro atoms. The second kappa shape index (κ2) is 5.05. The zero-order chi connectivity index (χ0) is 12.2. The number of hydrogen-bond donors (Lipinski definition) is 0. The van der Waals surface area contributed by atoms with Crippen LogP contribution in [0.2, 0.25) is 0 Å². The van der Waals surface area contributed by atoms with Gasteiger partial charge in [0.2, 0.25) is 0 Å². The summed E-state index contributed by atoms with van der Waals surface area (Å²) >= 11 is 0. The van der Waals surface area contributed by atoms with Gasteiger partial charge in [-0.15, -0.1) is 12.3 Å². The van der Waals surface area contributed by atoms with E-state index in [9.17, 15) is 0 Å². The van der Waals surface area contributed by atoms with Crippen molar-refractivity contribution in [2.75, 3.05) is 26.1 Å². The topological polar surface area (TPSA) is 12.5 Å². The van der Waals surface area contributed by atoms with Crippen molar-refractivity contribution < 1.29 is 4.74 Å². The first-order chi connectivity index (χ1) is 7.53. The molecule has 1 atom stereocenters. The Hall–Kier alpha value is -1.46. The average molecular weight is 217 g/mol. The Morgan fingerprint density at radius 1 is 1.31 bits per heavy atom. The predicted octanol–water partition coefficient (Wildman–Crippen LogP) is 2.64. The summed E-state index contributed by atoms with van der Waals surface area (Å²) in [6, 6.07) is 8.28. The van der Waals surface area contributed by atoms with Crippen LogP contribution in [-0.4, -0.2) is 21.2 Å². The fourth-order valence-corrected chi connectivity index (χ4v) is 1.60. The molecule has 0 aliphatic rings. The van der Waals surface area contributed by atoms with E-state index in [1.165, 1.54) is 5.69 Å². The van der Waals surface area contributed by atoms with Crippen molar-refractivity contribution in [3.63, 3.8) is 0 Å². The third kappa shape index (κ3) is 2.56. The van der Waals surface area contributed by atoms with Crippen LogP contribution in [0.25, 0.3) is 0 Å². The fraction of sp³-hybridized carbons (Fsp3) is 0.429. The summed E-state index contributed by atoms with van der Waals surface area (Å²) in [7, 11) is 5.73. The quantitative estimate of drug-likeness (QED) is 0.719. The van der Waals surface area contributed by atoms with Crippen molar-refractivity contribution in [1.82, 2.24) is 0 Å². The molecule has 0 radical (unpaired) electrons. The summed E-state index contributed by atoms with van der Waals surface area (Å²) in [5.74, 6) is 2.66. The molecule has 1 unspecified atom stereocenters. The number of benzene rings is 1. The van der Waals surface area contributed by atoms with Crippen molar-refractivity contribution in [2.45, 2.75) is 18.9 Å². The third-order valence-corrected chi connectivity index (χ3v) is 2.88. The van der Waals surface area contributed by atoms with Gasteiger partial charge in [-0.3, -0.25) is 0 Å². The molecule has 0 aromatic heterocycles. The van der Waals surface area contributed by atoms with Crippen LogP contribution in [0.15, 0.2) is 24.3 Å². The van der Waals surface area contributed by atoms with Crippen LogP contribution < -0.4 is 4.90 Å². The minimum atomic E-state index is -0.389. The molecule has 2 heteroatoms. The van der Waals surface area contributed by atoms with Gasteiger partial charge in [-0.1, -0.05) is 12.1 Å². The maximum Gasteiger partial charge on any atom is 0.101 e. The van der Waals surface area contributed by atoms with Gasteiger partial charge in [0.25, 0.3) is 0 Å². The van der Waals surface area contributed by atoms with E-state index < -0.39 is 0 Å². The van der Waals surface area contributed by atoms with Gasteiger partial charge in [0.05, 0.1) is 0 Å². The summed E-state index contributed by atoms with van der Waals surface area (Å²) in [5, 5.41) is 0. The number of anilines is 1. The Morgan fingerprint density at radius 2 is 1.88 bits per heavy atom. The minimum Gasteiger partial charge on any atom is -0.378 e. The number of ether oxygens (including phenoxy) is 1. The van der Waals surface area contributed by atoms with Gasteiger partial charge in [0, 0.05) is 33.3 Å². The smallest absolute Gasteiger partial charge is 0.101 e. The average Bonchev–Trinajstić information content (AvgIpc) is 2.29. The van der Waals surface area contributed by atoms with Gasteiger partial charge in [-0.25, -0.2) is 0 Å². The Labute approximate surface area is 98.2 Å². The van der Waals surface area contributed by atoms with Gasteiger partial charge in [-0.05, 0) is 24.6 Å². The van der Waals surface area contributed by atoms with E-state index in [2.05, 4.69) is 35.1 Å². The molecule has 16 heavy (non-hydrogen) atoms. The fourth-order valence-electron chi connectivity index (χ4n) is 1.60. The number of rotatable bonds is 4. The molecule has 86 valence electrons. The van der Waals surface area contributed by atoms with Crippen LogP contribution in [0.4, 0.5) is 5.69 Å². The largest absolute Gasteiger partial charge is 0.378 e. The third-order valence-electron chi connectivity index (χ3n) is 2.88. The lowest BCUT2D eigenvalue weighted by Crippen LogP contribution is -2.23. The molecule has 0 aliphatic carbocycles. The van der Waals surface area contributed by atoms with E-state index in [0.29, 0.717) is 6.42 Å². The SMILES string of the molecule is C#CCC(C)(OC)c1ccc(N(C)C)cc1. The zero-order valence-electron chi connectivity index (χ0n) is 10.4. The highest BCUT2D eigenvalue weighted by Crippen LogP contribution is 2.29. The molecule has 0 bridgehead atoms. The molecule has 0 fully saturated rings. The van der Waals surface area contributed by atoms with Crippen LogP contribution in [0.3, 0.4) is 0 Å². The molecule has 1 aromatic carbocycles. The number of nitrogens with zero attached hydrogens (tertiary/aromatic N) is 1. The van der Waals surface area contributed by atoms with Crippen molar-refractivity contribution in [3.8, 4) is 12.3 Å². The lowest BCUT2D eigenvalue weighted by molar-refractivity contribution is 0.00648. The highest BCUT2D eigenvalue weighted by Gasteiger charge is 2.24. The van der Waals surface area contributed by atoms with Crippen LogP contribution in [0.5, 0.6) is 0 Å². The summed E-state index contributed by atoms with van der Waals surface area (Å²) in [5.41, 5.74) is 1.89. The molecule has 0 saturated heterocycles. The van der Waals surface area contributed by atoms with Gasteiger partial charge in [-0.2, -0.15) is 0 Å². The highest BCUT2D eigenvalue weighted by molar-refractivity contribution is 5.47. The predicted molar refractivity (Wildman–Crippen MR) is 68.6 cm³/mol. The second-order valence-corrected chi connectivity index (χ2v) is 4.26. The minimum absolute atomic E-state index is 0.389. The molecule has 2 nitrogen and oxygen atoms in total. The highest BCUT2D eigenvalue weighted by atomic mass is 16.5. The number of methoxy groups -OCH3 is 1. The maximum absolute atomic E-state index is 5.51. The van der Waals surface area contributed by atoms with E-state index in [1.54, 1.807) is 7.11 Å². The van der Waals surface area contributed by atoms with E-state index >= 15 is 0 Å². The van der Waals surface area contributed by atoms with Crippen molar-refractivity contribution in [2.24, 2.45) is 0 Å². The van der Waals surface area contributed by atoms with Crippen LogP contribution in [0, 0.1) is 12.3 Å². The van der Waals surface area contributed by atoms with E-state index in [-0.39, 0.29) is 5.60 Å². The molecular formula is C14H19NO. The monoisotopic (exact) mass is 217 g/mol. The Morgan fingerprint density at radius 3 is 2.25 bits per heavy atom. The zero-order valence-corrected chi connectivity index (χ0v) is 10.4. The van der Waals surface area contributed by atoms with E-state index in [0.717, 1.165) is 5.56 Å². The first-order valence-electron chi connectivity index (χ1n) is 5.30. The van der Waals surface area contributed by atoms with Crippen molar-refractivity contribution in [1.29, 1.82) is 0 Å². The van der Waals surface area contributed by atoms with Gasteiger partial charge < -0.3 is 9.64 Å². The molecule has 1 aromatic rings. The van der Waals surface area contributed by atoms with E-state index in [4.69, 9.17) is 11.2 Å². The molecule has 0 amide bonds.